The lowest BCUT2D eigenvalue weighted by Gasteiger charge is -2.18. The maximum absolute atomic E-state index is 5.81. The number of hydrogen-bond acceptors (Lipinski definition) is 6. The summed E-state index contributed by atoms with van der Waals surface area (Å²) in [5.41, 5.74) is 5.70. The van der Waals surface area contributed by atoms with Gasteiger partial charge in [-0.25, -0.2) is 9.97 Å². The average molecular weight is 281 g/mol. The number of anilines is 2. The van der Waals surface area contributed by atoms with Crippen LogP contribution < -0.4 is 11.1 Å². The van der Waals surface area contributed by atoms with Crippen LogP contribution in [0, 0.1) is 0 Å². The third-order valence-electron chi connectivity index (χ3n) is 2.65. The van der Waals surface area contributed by atoms with Crippen molar-refractivity contribution in [2.75, 3.05) is 51.4 Å². The number of nitrogens with two attached hydrogens (primary N) is 1. The molecule has 6 nitrogen and oxygen atoms in total. The highest BCUT2D eigenvalue weighted by atomic mass is 16.5. The summed E-state index contributed by atoms with van der Waals surface area (Å²) in [6.07, 6.45) is 0. The van der Waals surface area contributed by atoms with Crippen molar-refractivity contribution >= 4 is 11.6 Å². The van der Waals surface area contributed by atoms with Gasteiger partial charge in [0.1, 0.15) is 17.5 Å². The van der Waals surface area contributed by atoms with Gasteiger partial charge in [-0.15, -0.1) is 0 Å². The summed E-state index contributed by atoms with van der Waals surface area (Å²) >= 11 is 0. The Balaban J connectivity index is 2.42. The highest BCUT2D eigenvalue weighted by molar-refractivity contribution is 5.45. The standard InChI is InChI=1S/C14H27N5O/c1-14(2,3)13-17-11(15)10-12(18-13)16-6-8-20-9-7-19(4)5/h10H,6-9H2,1-5H3,(H3,15,16,17,18). The molecule has 0 aromatic carbocycles. The first-order valence-corrected chi connectivity index (χ1v) is 6.90. The van der Waals surface area contributed by atoms with E-state index in [0.29, 0.717) is 19.0 Å². The van der Waals surface area contributed by atoms with Crippen LogP contribution in [0.3, 0.4) is 0 Å². The smallest absolute Gasteiger partial charge is 0.138 e. The van der Waals surface area contributed by atoms with Crippen LogP contribution in [-0.2, 0) is 10.2 Å². The van der Waals surface area contributed by atoms with Gasteiger partial charge in [-0.05, 0) is 14.1 Å². The molecule has 0 amide bonds. The van der Waals surface area contributed by atoms with Crippen LogP contribution in [0.25, 0.3) is 0 Å². The number of likely N-dealkylation sites (N-methyl/N-ethyl adjacent to an activating group) is 1. The minimum atomic E-state index is -0.117. The van der Waals surface area contributed by atoms with Crippen LogP contribution in [0.2, 0.25) is 0 Å². The molecule has 0 aliphatic carbocycles. The first kappa shape index (κ1) is 16.7. The van der Waals surface area contributed by atoms with Gasteiger partial charge >= 0.3 is 0 Å². The zero-order valence-electron chi connectivity index (χ0n) is 13.2. The second-order valence-electron chi connectivity index (χ2n) is 6.09. The maximum atomic E-state index is 5.81. The Morgan fingerprint density at radius 3 is 2.55 bits per heavy atom. The van der Waals surface area contributed by atoms with E-state index in [1.807, 2.05) is 14.1 Å². The topological polar surface area (TPSA) is 76.3 Å². The molecule has 0 saturated heterocycles. The van der Waals surface area contributed by atoms with Crippen molar-refractivity contribution in [3.05, 3.63) is 11.9 Å². The van der Waals surface area contributed by atoms with E-state index in [9.17, 15) is 0 Å². The van der Waals surface area contributed by atoms with Crippen molar-refractivity contribution in [1.29, 1.82) is 0 Å². The quantitative estimate of drug-likeness (QED) is 0.735. The second kappa shape index (κ2) is 7.40. The number of aromatic nitrogens is 2. The summed E-state index contributed by atoms with van der Waals surface area (Å²) in [5.74, 6) is 1.98. The molecular formula is C14H27N5O. The second-order valence-corrected chi connectivity index (χ2v) is 6.09. The highest BCUT2D eigenvalue weighted by Crippen LogP contribution is 2.20. The van der Waals surface area contributed by atoms with Gasteiger partial charge in [-0.1, -0.05) is 20.8 Å². The van der Waals surface area contributed by atoms with Gasteiger partial charge in [0, 0.05) is 24.6 Å². The Hall–Kier alpha value is -1.40. The Kier molecular flexibility index (Phi) is 6.16. The van der Waals surface area contributed by atoms with Gasteiger partial charge in [0.25, 0.3) is 0 Å². The van der Waals surface area contributed by atoms with Gasteiger partial charge in [0.2, 0.25) is 0 Å². The molecule has 1 rings (SSSR count). The monoisotopic (exact) mass is 281 g/mol. The molecule has 1 aromatic heterocycles. The molecule has 1 heterocycles. The number of nitrogens with zero attached hydrogens (tertiary/aromatic N) is 3. The van der Waals surface area contributed by atoms with Crippen LogP contribution in [0.1, 0.15) is 26.6 Å². The van der Waals surface area contributed by atoms with Gasteiger partial charge < -0.3 is 20.7 Å². The number of hydrogen-bond donors (Lipinski definition) is 2. The lowest BCUT2D eigenvalue weighted by atomic mass is 9.96. The van der Waals surface area contributed by atoms with E-state index in [1.54, 1.807) is 6.07 Å². The summed E-state index contributed by atoms with van der Waals surface area (Å²) in [5, 5.41) is 3.22. The third kappa shape index (κ3) is 6.16. The molecule has 3 N–H and O–H groups in total. The molecule has 0 bridgehead atoms. The molecule has 6 heteroatoms. The number of ether oxygens (including phenoxy) is 1. The van der Waals surface area contributed by atoms with E-state index >= 15 is 0 Å². The van der Waals surface area contributed by atoms with Gasteiger partial charge in [-0.2, -0.15) is 0 Å². The van der Waals surface area contributed by atoms with Crippen molar-refractivity contribution in [2.24, 2.45) is 0 Å². The SMILES string of the molecule is CN(C)CCOCCNc1cc(N)nc(C(C)(C)C)n1. The van der Waals surface area contributed by atoms with Gasteiger partial charge in [0.05, 0.1) is 13.2 Å². The minimum absolute atomic E-state index is 0.117. The first-order valence-electron chi connectivity index (χ1n) is 6.90. The van der Waals surface area contributed by atoms with Crippen LogP contribution >= 0.6 is 0 Å². The average Bonchev–Trinajstić information content (AvgIpc) is 2.31. The third-order valence-corrected chi connectivity index (χ3v) is 2.65. The van der Waals surface area contributed by atoms with Crippen LogP contribution in [0.15, 0.2) is 6.07 Å². The number of rotatable bonds is 7. The van der Waals surface area contributed by atoms with Crippen LogP contribution in [0.4, 0.5) is 11.6 Å². The number of nitrogen functional groups attached to an aromatic ring is 1. The van der Waals surface area contributed by atoms with Crippen molar-refractivity contribution < 1.29 is 4.74 Å². The molecule has 20 heavy (non-hydrogen) atoms. The highest BCUT2D eigenvalue weighted by Gasteiger charge is 2.18. The molecule has 0 saturated carbocycles. The van der Waals surface area contributed by atoms with E-state index in [0.717, 1.165) is 24.8 Å². The maximum Gasteiger partial charge on any atom is 0.138 e. The van der Waals surface area contributed by atoms with Crippen LogP contribution in [-0.4, -0.2) is 55.3 Å². The largest absolute Gasteiger partial charge is 0.384 e. The predicted octanol–water partition coefficient (Wildman–Crippen LogP) is 1.35. The zero-order valence-corrected chi connectivity index (χ0v) is 13.2. The summed E-state index contributed by atoms with van der Waals surface area (Å²) in [7, 11) is 4.05. The molecule has 0 fully saturated rings. The van der Waals surface area contributed by atoms with Crippen molar-refractivity contribution in [2.45, 2.75) is 26.2 Å². The summed E-state index contributed by atoms with van der Waals surface area (Å²) in [4.78, 5) is 10.8. The fraction of sp³-hybridized carbons (Fsp3) is 0.714. The molecule has 0 atom stereocenters. The van der Waals surface area contributed by atoms with Gasteiger partial charge in [0.15, 0.2) is 0 Å². The van der Waals surface area contributed by atoms with Crippen molar-refractivity contribution in [3.63, 3.8) is 0 Å². The Morgan fingerprint density at radius 2 is 1.95 bits per heavy atom. The lowest BCUT2D eigenvalue weighted by Crippen LogP contribution is -2.21. The summed E-state index contributed by atoms with van der Waals surface area (Å²) in [6, 6.07) is 1.75. The fourth-order valence-corrected chi connectivity index (χ4v) is 1.49. The molecule has 0 aliphatic rings. The van der Waals surface area contributed by atoms with Crippen LogP contribution in [0.5, 0.6) is 0 Å². The van der Waals surface area contributed by atoms with E-state index in [2.05, 4.69) is 41.0 Å². The predicted molar refractivity (Wildman–Crippen MR) is 83.0 cm³/mol. The molecule has 0 aliphatic heterocycles. The Labute approximate surface area is 121 Å². The minimum Gasteiger partial charge on any atom is -0.384 e. The van der Waals surface area contributed by atoms with E-state index in [-0.39, 0.29) is 5.41 Å². The first-order chi connectivity index (χ1) is 9.29. The molecule has 1 aromatic rings. The van der Waals surface area contributed by atoms with Gasteiger partial charge in [-0.3, -0.25) is 0 Å². The lowest BCUT2D eigenvalue weighted by molar-refractivity contribution is 0.126. The Bertz CT molecular complexity index is 415. The molecule has 0 spiro atoms. The van der Waals surface area contributed by atoms with Crippen molar-refractivity contribution in [3.8, 4) is 0 Å². The normalized spacial score (nSPS) is 11.9. The molecular weight excluding hydrogens is 254 g/mol. The molecule has 0 radical (unpaired) electrons. The van der Waals surface area contributed by atoms with E-state index in [4.69, 9.17) is 10.5 Å². The zero-order chi connectivity index (χ0) is 15.2. The summed E-state index contributed by atoms with van der Waals surface area (Å²) < 4.78 is 5.52. The summed E-state index contributed by atoms with van der Waals surface area (Å²) in [6.45, 7) is 9.19. The molecule has 0 unspecified atom stereocenters. The number of nitrogens with one attached hydrogen (secondary N) is 1. The fourth-order valence-electron chi connectivity index (χ4n) is 1.49. The Morgan fingerprint density at radius 1 is 1.25 bits per heavy atom. The van der Waals surface area contributed by atoms with E-state index in [1.165, 1.54) is 0 Å². The van der Waals surface area contributed by atoms with E-state index < -0.39 is 0 Å². The molecule has 114 valence electrons. The van der Waals surface area contributed by atoms with Crippen molar-refractivity contribution in [1.82, 2.24) is 14.9 Å².